The Kier molecular flexibility index (Phi) is 5.47. The van der Waals surface area contributed by atoms with Gasteiger partial charge in [0.2, 0.25) is 0 Å². The molecule has 26 heavy (non-hydrogen) atoms. The predicted octanol–water partition coefficient (Wildman–Crippen LogP) is 4.19. The number of rotatable bonds is 3. The summed E-state index contributed by atoms with van der Waals surface area (Å²) in [7, 11) is 1.32. The van der Waals surface area contributed by atoms with Crippen LogP contribution in [0.15, 0.2) is 66.7 Å². The molecule has 0 aliphatic carbocycles. The van der Waals surface area contributed by atoms with Crippen molar-refractivity contribution in [2.24, 2.45) is 0 Å². The summed E-state index contributed by atoms with van der Waals surface area (Å²) in [5, 5.41) is 3.36. The van der Waals surface area contributed by atoms with Crippen LogP contribution in [-0.4, -0.2) is 19.0 Å². The van der Waals surface area contributed by atoms with Gasteiger partial charge < -0.3 is 10.1 Å². The van der Waals surface area contributed by atoms with E-state index in [0.717, 1.165) is 11.1 Å². The number of benzene rings is 2. The van der Waals surface area contributed by atoms with E-state index in [-0.39, 0.29) is 5.91 Å². The lowest BCUT2D eigenvalue weighted by atomic mass is 10.1. The fraction of sp³-hybridized carbons (Fsp3) is 0.0476. The molecular formula is C21H15NO3S. The topological polar surface area (TPSA) is 55.4 Å². The van der Waals surface area contributed by atoms with E-state index < -0.39 is 5.97 Å². The van der Waals surface area contributed by atoms with Crippen LogP contribution in [0.5, 0.6) is 0 Å². The van der Waals surface area contributed by atoms with Crippen molar-refractivity contribution in [3.8, 4) is 11.8 Å². The molecule has 1 aromatic heterocycles. The van der Waals surface area contributed by atoms with E-state index in [1.54, 1.807) is 36.4 Å². The van der Waals surface area contributed by atoms with Gasteiger partial charge in [0.25, 0.3) is 5.91 Å². The molecule has 0 bridgehead atoms. The maximum absolute atomic E-state index is 12.3. The Labute approximate surface area is 155 Å². The van der Waals surface area contributed by atoms with Gasteiger partial charge in [0.15, 0.2) is 0 Å². The van der Waals surface area contributed by atoms with Crippen LogP contribution in [0.3, 0.4) is 0 Å². The second-order valence-corrected chi connectivity index (χ2v) is 6.39. The van der Waals surface area contributed by atoms with Crippen LogP contribution >= 0.6 is 11.3 Å². The van der Waals surface area contributed by atoms with Crippen molar-refractivity contribution in [3.05, 3.63) is 88.3 Å². The first-order chi connectivity index (χ1) is 12.7. The quantitative estimate of drug-likeness (QED) is 0.562. The van der Waals surface area contributed by atoms with Gasteiger partial charge in [0.1, 0.15) is 4.88 Å². The second-order valence-electron chi connectivity index (χ2n) is 5.30. The van der Waals surface area contributed by atoms with Gasteiger partial charge in [-0.2, -0.15) is 0 Å². The number of amides is 1. The van der Waals surface area contributed by atoms with Crippen molar-refractivity contribution < 1.29 is 14.3 Å². The van der Waals surface area contributed by atoms with Gasteiger partial charge >= 0.3 is 5.97 Å². The van der Waals surface area contributed by atoms with Crippen molar-refractivity contribution in [1.29, 1.82) is 0 Å². The van der Waals surface area contributed by atoms with Crippen LogP contribution in [0.2, 0.25) is 0 Å². The molecule has 0 aliphatic rings. The number of methoxy groups -OCH3 is 1. The Morgan fingerprint density at radius 1 is 0.885 bits per heavy atom. The molecule has 5 heteroatoms. The summed E-state index contributed by atoms with van der Waals surface area (Å²) in [5.74, 6) is 5.48. The van der Waals surface area contributed by atoms with Crippen LogP contribution in [-0.2, 0) is 4.74 Å². The molecule has 0 spiro atoms. The van der Waals surface area contributed by atoms with Crippen molar-refractivity contribution in [2.75, 3.05) is 12.4 Å². The molecule has 2 aromatic carbocycles. The zero-order valence-electron chi connectivity index (χ0n) is 14.0. The van der Waals surface area contributed by atoms with E-state index in [1.807, 2.05) is 30.3 Å². The Hall–Kier alpha value is -3.36. The minimum absolute atomic E-state index is 0.245. The summed E-state index contributed by atoms with van der Waals surface area (Å²) < 4.78 is 4.65. The third-order valence-corrected chi connectivity index (χ3v) is 4.48. The fourth-order valence-corrected chi connectivity index (χ4v) is 2.99. The molecule has 1 N–H and O–H groups in total. The third kappa shape index (κ3) is 4.38. The van der Waals surface area contributed by atoms with Gasteiger partial charge in [-0.3, -0.25) is 4.79 Å². The maximum atomic E-state index is 12.3. The first-order valence-electron chi connectivity index (χ1n) is 7.82. The highest BCUT2D eigenvalue weighted by atomic mass is 32.1. The van der Waals surface area contributed by atoms with Crippen molar-refractivity contribution in [2.45, 2.75) is 0 Å². The summed E-state index contributed by atoms with van der Waals surface area (Å²) in [4.78, 5) is 24.2. The zero-order chi connectivity index (χ0) is 18.4. The van der Waals surface area contributed by atoms with Gasteiger partial charge in [0, 0.05) is 16.7 Å². The molecule has 1 amide bonds. The molecule has 4 nitrogen and oxygen atoms in total. The van der Waals surface area contributed by atoms with E-state index in [4.69, 9.17) is 0 Å². The standard InChI is InChI=1S/C21H15NO3S/c1-25-21(24)18-13-14-19(26-18)22-20(23)17-11-9-16(10-12-17)8-7-15-5-3-2-4-6-15/h2-6,9-14H,1H3,(H,22,23). The number of carbonyl (C=O) groups is 2. The van der Waals surface area contributed by atoms with Gasteiger partial charge in [-0.15, -0.1) is 11.3 Å². The number of nitrogens with one attached hydrogen (secondary N) is 1. The number of carbonyl (C=O) groups excluding carboxylic acids is 2. The molecule has 0 fully saturated rings. The molecule has 3 rings (SSSR count). The summed E-state index contributed by atoms with van der Waals surface area (Å²) in [5.41, 5.74) is 2.28. The van der Waals surface area contributed by atoms with Crippen LogP contribution in [0.1, 0.15) is 31.2 Å². The molecule has 1 heterocycles. The smallest absolute Gasteiger partial charge is 0.348 e. The highest BCUT2D eigenvalue weighted by molar-refractivity contribution is 7.18. The Balaban J connectivity index is 1.66. The predicted molar refractivity (Wildman–Crippen MR) is 102 cm³/mol. The first kappa shape index (κ1) is 17.5. The number of anilines is 1. The molecule has 0 atom stereocenters. The fourth-order valence-electron chi connectivity index (χ4n) is 2.17. The average molecular weight is 361 g/mol. The summed E-state index contributed by atoms with van der Waals surface area (Å²) in [6, 6.07) is 20.1. The van der Waals surface area contributed by atoms with Crippen molar-refractivity contribution >= 4 is 28.2 Å². The van der Waals surface area contributed by atoms with Crippen molar-refractivity contribution in [3.63, 3.8) is 0 Å². The lowest BCUT2D eigenvalue weighted by Crippen LogP contribution is -2.10. The van der Waals surface area contributed by atoms with E-state index in [1.165, 1.54) is 18.4 Å². The Morgan fingerprint density at radius 3 is 2.19 bits per heavy atom. The van der Waals surface area contributed by atoms with E-state index >= 15 is 0 Å². The molecule has 3 aromatic rings. The molecule has 0 aliphatic heterocycles. The molecule has 0 radical (unpaired) electrons. The van der Waals surface area contributed by atoms with Crippen LogP contribution < -0.4 is 5.32 Å². The highest BCUT2D eigenvalue weighted by Crippen LogP contribution is 2.23. The number of hydrogen-bond donors (Lipinski definition) is 1. The average Bonchev–Trinajstić information content (AvgIpc) is 3.15. The SMILES string of the molecule is COC(=O)c1ccc(NC(=O)c2ccc(C#Cc3ccccc3)cc2)s1. The monoisotopic (exact) mass is 361 g/mol. The zero-order valence-corrected chi connectivity index (χ0v) is 14.8. The molecule has 0 saturated carbocycles. The minimum atomic E-state index is -0.420. The molecule has 0 saturated heterocycles. The number of thiophene rings is 1. The lowest BCUT2D eigenvalue weighted by Gasteiger charge is -2.02. The summed E-state index contributed by atoms with van der Waals surface area (Å²) in [6.45, 7) is 0. The molecule has 0 unspecified atom stereocenters. The first-order valence-corrected chi connectivity index (χ1v) is 8.64. The molecular weight excluding hydrogens is 346 g/mol. The van der Waals surface area contributed by atoms with Crippen LogP contribution in [0.25, 0.3) is 0 Å². The largest absolute Gasteiger partial charge is 0.465 e. The van der Waals surface area contributed by atoms with E-state index in [0.29, 0.717) is 15.4 Å². The highest BCUT2D eigenvalue weighted by Gasteiger charge is 2.11. The van der Waals surface area contributed by atoms with Gasteiger partial charge in [-0.25, -0.2) is 4.79 Å². The Bertz CT molecular complexity index is 979. The number of esters is 1. The lowest BCUT2D eigenvalue weighted by molar-refractivity contribution is 0.0606. The Morgan fingerprint density at radius 2 is 1.54 bits per heavy atom. The molecule has 128 valence electrons. The summed E-state index contributed by atoms with van der Waals surface area (Å²) in [6.07, 6.45) is 0. The maximum Gasteiger partial charge on any atom is 0.348 e. The van der Waals surface area contributed by atoms with Crippen LogP contribution in [0, 0.1) is 11.8 Å². The van der Waals surface area contributed by atoms with Gasteiger partial charge in [0.05, 0.1) is 12.1 Å². The van der Waals surface area contributed by atoms with Crippen LogP contribution in [0.4, 0.5) is 5.00 Å². The van der Waals surface area contributed by atoms with E-state index in [2.05, 4.69) is 21.9 Å². The third-order valence-electron chi connectivity index (χ3n) is 3.50. The number of ether oxygens (including phenoxy) is 1. The number of hydrogen-bond acceptors (Lipinski definition) is 4. The second kappa shape index (κ2) is 8.15. The minimum Gasteiger partial charge on any atom is -0.465 e. The van der Waals surface area contributed by atoms with Gasteiger partial charge in [-0.05, 0) is 48.5 Å². The van der Waals surface area contributed by atoms with Crippen molar-refractivity contribution in [1.82, 2.24) is 0 Å². The normalized spacial score (nSPS) is 9.73. The summed E-state index contributed by atoms with van der Waals surface area (Å²) >= 11 is 1.17. The van der Waals surface area contributed by atoms with E-state index in [9.17, 15) is 9.59 Å². The van der Waals surface area contributed by atoms with Gasteiger partial charge in [-0.1, -0.05) is 30.0 Å².